The summed E-state index contributed by atoms with van der Waals surface area (Å²) >= 11 is 0. The smallest absolute Gasteiger partial charge is 0.165 e. The third-order valence-electron chi connectivity index (χ3n) is 4.71. The van der Waals surface area contributed by atoms with Gasteiger partial charge in [-0.1, -0.05) is 19.1 Å². The van der Waals surface area contributed by atoms with Crippen molar-refractivity contribution in [3.05, 3.63) is 47.0 Å². The van der Waals surface area contributed by atoms with Gasteiger partial charge in [0.2, 0.25) is 0 Å². The van der Waals surface area contributed by atoms with Gasteiger partial charge in [0.15, 0.2) is 23.0 Å². The molecule has 2 atom stereocenters. The molecule has 5 heteroatoms. The van der Waals surface area contributed by atoms with Crippen LogP contribution in [0.15, 0.2) is 30.3 Å². The molecule has 3 rings (SSSR count). The SMILES string of the molecule is COc1cc([C@H]2Oc3c(OC)cc(CCCO)cc3[C@@H]2C)ccc1O. The maximum Gasteiger partial charge on any atom is 0.165 e. The zero-order valence-electron chi connectivity index (χ0n) is 14.8. The Bertz CT molecular complexity index is 756. The Morgan fingerprint density at radius 1 is 1.08 bits per heavy atom. The topological polar surface area (TPSA) is 68.2 Å². The molecule has 0 amide bonds. The number of aryl methyl sites for hydroxylation is 1. The largest absolute Gasteiger partial charge is 0.504 e. The van der Waals surface area contributed by atoms with Crippen LogP contribution in [0, 0.1) is 0 Å². The maximum atomic E-state index is 9.81. The van der Waals surface area contributed by atoms with E-state index < -0.39 is 0 Å². The number of aliphatic hydroxyl groups excluding tert-OH is 1. The second-order valence-corrected chi connectivity index (χ2v) is 6.30. The fraction of sp³-hybridized carbons (Fsp3) is 0.400. The van der Waals surface area contributed by atoms with Gasteiger partial charge >= 0.3 is 0 Å². The summed E-state index contributed by atoms with van der Waals surface area (Å²) in [7, 11) is 3.17. The van der Waals surface area contributed by atoms with Crippen LogP contribution in [-0.2, 0) is 6.42 Å². The molecule has 0 aliphatic carbocycles. The van der Waals surface area contributed by atoms with Gasteiger partial charge in [0, 0.05) is 18.1 Å². The molecule has 0 bridgehead atoms. The van der Waals surface area contributed by atoms with Crippen molar-refractivity contribution in [1.82, 2.24) is 0 Å². The Morgan fingerprint density at radius 2 is 1.84 bits per heavy atom. The van der Waals surface area contributed by atoms with E-state index in [0.717, 1.165) is 35.3 Å². The highest BCUT2D eigenvalue weighted by Crippen LogP contribution is 2.51. The van der Waals surface area contributed by atoms with Crippen molar-refractivity contribution in [2.45, 2.75) is 31.8 Å². The summed E-state index contributed by atoms with van der Waals surface area (Å²) < 4.78 is 16.9. The van der Waals surface area contributed by atoms with Gasteiger partial charge in [0.1, 0.15) is 6.10 Å². The highest BCUT2D eigenvalue weighted by Gasteiger charge is 2.35. The summed E-state index contributed by atoms with van der Waals surface area (Å²) in [4.78, 5) is 0. The maximum absolute atomic E-state index is 9.81. The predicted octanol–water partition coefficient (Wildman–Crippen LogP) is 3.57. The molecule has 5 nitrogen and oxygen atoms in total. The van der Waals surface area contributed by atoms with Crippen molar-refractivity contribution in [3.8, 4) is 23.0 Å². The van der Waals surface area contributed by atoms with E-state index in [2.05, 4.69) is 13.0 Å². The molecule has 0 fully saturated rings. The second kappa shape index (κ2) is 7.23. The Balaban J connectivity index is 1.96. The highest BCUT2D eigenvalue weighted by atomic mass is 16.5. The van der Waals surface area contributed by atoms with E-state index in [0.29, 0.717) is 11.5 Å². The first-order chi connectivity index (χ1) is 12.1. The van der Waals surface area contributed by atoms with Crippen molar-refractivity contribution in [3.63, 3.8) is 0 Å². The fourth-order valence-electron chi connectivity index (χ4n) is 3.35. The minimum absolute atomic E-state index is 0.110. The van der Waals surface area contributed by atoms with Crippen LogP contribution in [0.2, 0.25) is 0 Å². The van der Waals surface area contributed by atoms with Crippen LogP contribution < -0.4 is 14.2 Å². The third kappa shape index (κ3) is 3.24. The number of rotatable bonds is 6. The lowest BCUT2D eigenvalue weighted by molar-refractivity contribution is 0.207. The molecule has 1 heterocycles. The summed E-state index contributed by atoms with van der Waals surface area (Å²) in [6.45, 7) is 2.28. The minimum atomic E-state index is -0.175. The van der Waals surface area contributed by atoms with Crippen LogP contribution in [0.25, 0.3) is 0 Å². The molecule has 0 spiro atoms. The van der Waals surface area contributed by atoms with Crippen LogP contribution in [0.3, 0.4) is 0 Å². The van der Waals surface area contributed by atoms with Crippen LogP contribution in [0.1, 0.15) is 42.1 Å². The summed E-state index contributed by atoms with van der Waals surface area (Å²) in [6, 6.07) is 9.39. The normalized spacial score (nSPS) is 18.6. The molecular formula is C20H24O5. The molecule has 2 aromatic carbocycles. The standard InChI is InChI=1S/C20H24O5/c1-12-15-9-13(5-4-8-21)10-18(24-3)20(15)25-19(12)14-6-7-16(22)17(11-14)23-2/h6-7,9-12,19,21-22H,4-5,8H2,1-3H3/t12-,19-/m0/s1. The summed E-state index contributed by atoms with van der Waals surface area (Å²) in [5.74, 6) is 2.15. The predicted molar refractivity (Wildman–Crippen MR) is 94.8 cm³/mol. The van der Waals surface area contributed by atoms with E-state index in [4.69, 9.17) is 19.3 Å². The van der Waals surface area contributed by atoms with Crippen LogP contribution in [-0.4, -0.2) is 31.0 Å². The van der Waals surface area contributed by atoms with Gasteiger partial charge in [-0.25, -0.2) is 0 Å². The second-order valence-electron chi connectivity index (χ2n) is 6.30. The lowest BCUT2D eigenvalue weighted by Gasteiger charge is -2.17. The number of fused-ring (bicyclic) bond motifs is 1. The highest BCUT2D eigenvalue weighted by molar-refractivity contribution is 5.55. The van der Waals surface area contributed by atoms with Gasteiger partial charge in [-0.2, -0.15) is 0 Å². The van der Waals surface area contributed by atoms with Crippen molar-refractivity contribution in [2.75, 3.05) is 20.8 Å². The van der Waals surface area contributed by atoms with Crippen molar-refractivity contribution in [2.24, 2.45) is 0 Å². The fourth-order valence-corrected chi connectivity index (χ4v) is 3.35. The van der Waals surface area contributed by atoms with Crippen molar-refractivity contribution < 1.29 is 24.4 Å². The van der Waals surface area contributed by atoms with Crippen LogP contribution in [0.4, 0.5) is 0 Å². The van der Waals surface area contributed by atoms with Crippen LogP contribution in [0.5, 0.6) is 23.0 Å². The van der Waals surface area contributed by atoms with Crippen molar-refractivity contribution in [1.29, 1.82) is 0 Å². The van der Waals surface area contributed by atoms with E-state index >= 15 is 0 Å². The van der Waals surface area contributed by atoms with E-state index in [-0.39, 0.29) is 24.4 Å². The Labute approximate surface area is 147 Å². The molecule has 0 aromatic heterocycles. The third-order valence-corrected chi connectivity index (χ3v) is 4.71. The molecule has 2 aromatic rings. The number of aromatic hydroxyl groups is 1. The van der Waals surface area contributed by atoms with E-state index in [1.165, 1.54) is 7.11 Å². The van der Waals surface area contributed by atoms with Gasteiger partial charge in [0.25, 0.3) is 0 Å². The molecular weight excluding hydrogens is 320 g/mol. The Hall–Kier alpha value is -2.40. The van der Waals surface area contributed by atoms with E-state index in [1.54, 1.807) is 13.2 Å². The lowest BCUT2D eigenvalue weighted by Crippen LogP contribution is -2.07. The van der Waals surface area contributed by atoms with Gasteiger partial charge in [0.05, 0.1) is 14.2 Å². The molecule has 25 heavy (non-hydrogen) atoms. The number of methoxy groups -OCH3 is 2. The quantitative estimate of drug-likeness (QED) is 0.838. The van der Waals surface area contributed by atoms with Gasteiger partial charge in [-0.05, 0) is 42.2 Å². The molecule has 134 valence electrons. The van der Waals surface area contributed by atoms with Gasteiger partial charge < -0.3 is 24.4 Å². The number of aliphatic hydroxyl groups is 1. The van der Waals surface area contributed by atoms with E-state index in [9.17, 15) is 5.11 Å². The monoisotopic (exact) mass is 344 g/mol. The molecule has 0 unspecified atom stereocenters. The zero-order chi connectivity index (χ0) is 18.0. The minimum Gasteiger partial charge on any atom is -0.504 e. The molecule has 2 N–H and O–H groups in total. The Kier molecular flexibility index (Phi) is 5.04. The lowest BCUT2D eigenvalue weighted by atomic mass is 9.91. The molecule has 1 aliphatic heterocycles. The number of phenolic OH excluding ortho intramolecular Hbond substituents is 1. The zero-order valence-corrected chi connectivity index (χ0v) is 14.8. The number of ether oxygens (including phenoxy) is 3. The summed E-state index contributed by atoms with van der Waals surface area (Å²) in [5.41, 5.74) is 3.17. The molecule has 1 aliphatic rings. The molecule has 0 radical (unpaired) electrons. The average molecular weight is 344 g/mol. The number of phenols is 1. The Morgan fingerprint density at radius 3 is 2.52 bits per heavy atom. The molecule has 0 saturated heterocycles. The van der Waals surface area contributed by atoms with E-state index in [1.807, 2.05) is 18.2 Å². The van der Waals surface area contributed by atoms with Crippen LogP contribution >= 0.6 is 0 Å². The van der Waals surface area contributed by atoms with Gasteiger partial charge in [-0.3, -0.25) is 0 Å². The molecule has 0 saturated carbocycles. The first-order valence-corrected chi connectivity index (χ1v) is 8.44. The number of hydrogen-bond donors (Lipinski definition) is 2. The summed E-state index contributed by atoms with van der Waals surface area (Å²) in [6.07, 6.45) is 1.34. The first-order valence-electron chi connectivity index (χ1n) is 8.44. The van der Waals surface area contributed by atoms with Crippen molar-refractivity contribution >= 4 is 0 Å². The summed E-state index contributed by atoms with van der Waals surface area (Å²) in [5, 5.41) is 18.9. The number of benzene rings is 2. The first kappa shape index (κ1) is 17.4. The van der Waals surface area contributed by atoms with Gasteiger partial charge in [-0.15, -0.1) is 0 Å². The number of hydrogen-bond acceptors (Lipinski definition) is 5. The average Bonchev–Trinajstić information content (AvgIpc) is 2.96.